The standard InChI is InChI=1S/C11H14N2O/c1-7-4-5-8-9(6-7)14-10(13-8)11(2,3)12/h4-6H,12H2,1-3H3. The van der Waals surface area contributed by atoms with Crippen molar-refractivity contribution in [1.82, 2.24) is 4.98 Å². The molecule has 2 aromatic rings. The SMILES string of the molecule is Cc1ccc2nc(C(C)(C)N)oc2c1. The van der Waals surface area contributed by atoms with Gasteiger partial charge in [0.2, 0.25) is 5.89 Å². The van der Waals surface area contributed by atoms with E-state index in [1.807, 2.05) is 39.0 Å². The summed E-state index contributed by atoms with van der Waals surface area (Å²) in [6.07, 6.45) is 0. The van der Waals surface area contributed by atoms with Gasteiger partial charge in [0.1, 0.15) is 5.52 Å². The number of aromatic nitrogens is 1. The number of fused-ring (bicyclic) bond motifs is 1. The van der Waals surface area contributed by atoms with Gasteiger partial charge in [-0.1, -0.05) is 6.07 Å². The second kappa shape index (κ2) is 2.82. The van der Waals surface area contributed by atoms with E-state index in [4.69, 9.17) is 10.2 Å². The third-order valence-electron chi connectivity index (χ3n) is 2.10. The van der Waals surface area contributed by atoms with E-state index in [0.717, 1.165) is 16.7 Å². The molecule has 0 saturated carbocycles. The van der Waals surface area contributed by atoms with E-state index >= 15 is 0 Å². The maximum Gasteiger partial charge on any atom is 0.215 e. The molecule has 0 aliphatic carbocycles. The van der Waals surface area contributed by atoms with Gasteiger partial charge in [0.05, 0.1) is 5.54 Å². The van der Waals surface area contributed by atoms with E-state index in [-0.39, 0.29) is 0 Å². The van der Waals surface area contributed by atoms with E-state index in [1.54, 1.807) is 0 Å². The fraction of sp³-hybridized carbons (Fsp3) is 0.364. The molecule has 0 bridgehead atoms. The van der Waals surface area contributed by atoms with Crippen LogP contribution in [0.3, 0.4) is 0 Å². The lowest BCUT2D eigenvalue weighted by Crippen LogP contribution is -2.28. The molecule has 2 N–H and O–H groups in total. The van der Waals surface area contributed by atoms with Crippen LogP contribution in [0.4, 0.5) is 0 Å². The van der Waals surface area contributed by atoms with E-state index in [1.165, 1.54) is 0 Å². The first-order valence-corrected chi connectivity index (χ1v) is 4.63. The molecule has 0 fully saturated rings. The topological polar surface area (TPSA) is 52.0 Å². The molecule has 0 radical (unpaired) electrons. The van der Waals surface area contributed by atoms with Crippen LogP contribution in [0.1, 0.15) is 25.3 Å². The summed E-state index contributed by atoms with van der Waals surface area (Å²) >= 11 is 0. The Morgan fingerprint density at radius 3 is 2.71 bits per heavy atom. The molecule has 2 rings (SSSR count). The van der Waals surface area contributed by atoms with Crippen molar-refractivity contribution < 1.29 is 4.42 Å². The minimum atomic E-state index is -0.521. The van der Waals surface area contributed by atoms with Crippen molar-refractivity contribution in [2.45, 2.75) is 26.3 Å². The Morgan fingerprint density at radius 1 is 1.36 bits per heavy atom. The Hall–Kier alpha value is -1.35. The zero-order valence-electron chi connectivity index (χ0n) is 8.66. The summed E-state index contributed by atoms with van der Waals surface area (Å²) in [4.78, 5) is 4.33. The molecule has 0 amide bonds. The average Bonchev–Trinajstić information content (AvgIpc) is 2.45. The van der Waals surface area contributed by atoms with Gasteiger partial charge in [-0.15, -0.1) is 0 Å². The predicted molar refractivity (Wildman–Crippen MR) is 56.0 cm³/mol. The first-order valence-electron chi connectivity index (χ1n) is 4.63. The molecule has 0 saturated heterocycles. The number of nitrogens with two attached hydrogens (primary N) is 1. The minimum Gasteiger partial charge on any atom is -0.439 e. The minimum absolute atomic E-state index is 0.521. The first-order chi connectivity index (χ1) is 6.47. The summed E-state index contributed by atoms with van der Waals surface area (Å²) in [5, 5.41) is 0. The average molecular weight is 190 g/mol. The van der Waals surface area contributed by atoms with Crippen molar-refractivity contribution in [3.05, 3.63) is 29.7 Å². The third-order valence-corrected chi connectivity index (χ3v) is 2.10. The van der Waals surface area contributed by atoms with Crippen molar-refractivity contribution in [2.75, 3.05) is 0 Å². The van der Waals surface area contributed by atoms with Gasteiger partial charge in [-0.05, 0) is 38.5 Å². The highest BCUT2D eigenvalue weighted by atomic mass is 16.3. The summed E-state index contributed by atoms with van der Waals surface area (Å²) in [7, 11) is 0. The summed E-state index contributed by atoms with van der Waals surface area (Å²) in [6.45, 7) is 5.78. The number of aryl methyl sites for hydroxylation is 1. The van der Waals surface area contributed by atoms with Crippen LogP contribution in [0.5, 0.6) is 0 Å². The van der Waals surface area contributed by atoms with Crippen LogP contribution in [0.2, 0.25) is 0 Å². The highest BCUT2D eigenvalue weighted by Crippen LogP contribution is 2.22. The lowest BCUT2D eigenvalue weighted by molar-refractivity contribution is 0.394. The summed E-state index contributed by atoms with van der Waals surface area (Å²) in [5.74, 6) is 0.582. The van der Waals surface area contributed by atoms with Gasteiger partial charge in [-0.3, -0.25) is 0 Å². The molecular formula is C11H14N2O. The van der Waals surface area contributed by atoms with Gasteiger partial charge in [-0.2, -0.15) is 0 Å². The molecule has 1 heterocycles. The number of oxazole rings is 1. The van der Waals surface area contributed by atoms with Gasteiger partial charge >= 0.3 is 0 Å². The normalized spacial score (nSPS) is 12.3. The smallest absolute Gasteiger partial charge is 0.215 e. The Labute approximate surface area is 82.9 Å². The van der Waals surface area contributed by atoms with Crippen LogP contribution in [-0.2, 0) is 5.54 Å². The van der Waals surface area contributed by atoms with Crippen LogP contribution < -0.4 is 5.73 Å². The van der Waals surface area contributed by atoms with Gasteiger partial charge < -0.3 is 10.2 Å². The molecule has 3 heteroatoms. The Balaban J connectivity index is 2.63. The fourth-order valence-electron chi connectivity index (χ4n) is 1.31. The zero-order chi connectivity index (χ0) is 10.3. The van der Waals surface area contributed by atoms with Crippen molar-refractivity contribution in [3.8, 4) is 0 Å². The molecule has 0 aliphatic rings. The fourth-order valence-corrected chi connectivity index (χ4v) is 1.31. The van der Waals surface area contributed by atoms with E-state index in [0.29, 0.717) is 5.89 Å². The van der Waals surface area contributed by atoms with Crippen LogP contribution in [0.15, 0.2) is 22.6 Å². The molecule has 0 atom stereocenters. The van der Waals surface area contributed by atoms with Crippen molar-refractivity contribution in [3.63, 3.8) is 0 Å². The highest BCUT2D eigenvalue weighted by Gasteiger charge is 2.21. The summed E-state index contributed by atoms with van der Waals surface area (Å²) < 4.78 is 5.58. The third kappa shape index (κ3) is 1.51. The molecule has 14 heavy (non-hydrogen) atoms. The van der Waals surface area contributed by atoms with Crippen molar-refractivity contribution in [2.24, 2.45) is 5.73 Å². The van der Waals surface area contributed by atoms with Gasteiger partial charge in [0, 0.05) is 0 Å². The second-order valence-corrected chi connectivity index (χ2v) is 4.21. The van der Waals surface area contributed by atoms with E-state index in [9.17, 15) is 0 Å². The molecular weight excluding hydrogens is 176 g/mol. The van der Waals surface area contributed by atoms with Gasteiger partial charge in [0.25, 0.3) is 0 Å². The van der Waals surface area contributed by atoms with Gasteiger partial charge in [0.15, 0.2) is 5.58 Å². The van der Waals surface area contributed by atoms with Crippen LogP contribution in [-0.4, -0.2) is 4.98 Å². The number of hydrogen-bond donors (Lipinski definition) is 1. The quantitative estimate of drug-likeness (QED) is 0.750. The number of nitrogens with zero attached hydrogens (tertiary/aromatic N) is 1. The molecule has 0 aliphatic heterocycles. The summed E-state index contributed by atoms with van der Waals surface area (Å²) in [6, 6.07) is 5.93. The largest absolute Gasteiger partial charge is 0.439 e. The summed E-state index contributed by atoms with van der Waals surface area (Å²) in [5.41, 5.74) is 8.21. The van der Waals surface area contributed by atoms with Gasteiger partial charge in [-0.25, -0.2) is 4.98 Å². The maximum absolute atomic E-state index is 5.90. The Kier molecular flexibility index (Phi) is 1.86. The molecule has 3 nitrogen and oxygen atoms in total. The van der Waals surface area contributed by atoms with Crippen molar-refractivity contribution >= 4 is 11.1 Å². The molecule has 1 aromatic carbocycles. The Bertz CT molecular complexity index is 466. The first kappa shape index (κ1) is 9.21. The van der Waals surface area contributed by atoms with Crippen LogP contribution in [0, 0.1) is 6.92 Å². The molecule has 0 spiro atoms. The molecule has 74 valence electrons. The predicted octanol–water partition coefficient (Wildman–Crippen LogP) is 2.33. The number of hydrogen-bond acceptors (Lipinski definition) is 3. The molecule has 1 aromatic heterocycles. The number of rotatable bonds is 1. The molecule has 0 unspecified atom stereocenters. The zero-order valence-corrected chi connectivity index (χ0v) is 8.66. The highest BCUT2D eigenvalue weighted by molar-refractivity contribution is 5.73. The monoisotopic (exact) mass is 190 g/mol. The second-order valence-electron chi connectivity index (χ2n) is 4.21. The number of benzene rings is 1. The lowest BCUT2D eigenvalue weighted by Gasteiger charge is -2.11. The van der Waals surface area contributed by atoms with Crippen molar-refractivity contribution in [1.29, 1.82) is 0 Å². The lowest BCUT2D eigenvalue weighted by atomic mass is 10.1. The maximum atomic E-state index is 5.90. The Morgan fingerprint density at radius 2 is 2.07 bits per heavy atom. The van der Waals surface area contributed by atoms with Crippen LogP contribution in [0.25, 0.3) is 11.1 Å². The van der Waals surface area contributed by atoms with E-state index in [2.05, 4.69) is 4.98 Å². The van der Waals surface area contributed by atoms with Crippen LogP contribution >= 0.6 is 0 Å². The van der Waals surface area contributed by atoms with E-state index < -0.39 is 5.54 Å².